The maximum Gasteiger partial charge on any atom is 0.187 e. The summed E-state index contributed by atoms with van der Waals surface area (Å²) in [4.78, 5) is 0. The number of aliphatic hydroxyl groups excluding tert-OH is 7. The molecule has 2 heterocycles. The van der Waals surface area contributed by atoms with Crippen molar-refractivity contribution in [2.45, 2.75) is 61.2 Å². The molecule has 2 fully saturated rings. The lowest BCUT2D eigenvalue weighted by Gasteiger charge is -2.45. The third-order valence-corrected chi connectivity index (χ3v) is 4.10. The van der Waals surface area contributed by atoms with Gasteiger partial charge in [-0.15, -0.1) is 0 Å². The van der Waals surface area contributed by atoms with Crippen molar-refractivity contribution in [3.05, 3.63) is 6.92 Å². The van der Waals surface area contributed by atoms with E-state index in [1.54, 1.807) is 0 Å². The molecule has 0 bridgehead atoms. The van der Waals surface area contributed by atoms with Crippen LogP contribution in [0.3, 0.4) is 0 Å². The molecule has 2 aliphatic heterocycles. The van der Waals surface area contributed by atoms with Crippen LogP contribution in [0, 0.1) is 6.92 Å². The van der Waals surface area contributed by atoms with E-state index in [1.807, 2.05) is 0 Å². The number of hydrogen-bond acceptors (Lipinski definition) is 10. The Morgan fingerprint density at radius 3 is 1.91 bits per heavy atom. The van der Waals surface area contributed by atoms with Gasteiger partial charge in [-0.1, -0.05) is 0 Å². The van der Waals surface area contributed by atoms with E-state index in [2.05, 4.69) is 6.92 Å². The van der Waals surface area contributed by atoms with Crippen LogP contribution in [0.2, 0.25) is 0 Å². The quantitative estimate of drug-likeness (QED) is 0.265. The van der Waals surface area contributed by atoms with E-state index in [4.69, 9.17) is 19.3 Å². The third-order valence-electron chi connectivity index (χ3n) is 4.10. The van der Waals surface area contributed by atoms with Gasteiger partial charge in [0.15, 0.2) is 6.29 Å². The molecular weight excluding hydrogens is 316 g/mol. The van der Waals surface area contributed by atoms with E-state index in [9.17, 15) is 30.6 Å². The normalized spacial score (nSPS) is 51.7. The molecule has 23 heavy (non-hydrogen) atoms. The lowest BCUT2D eigenvalue weighted by atomic mass is 9.95. The van der Waals surface area contributed by atoms with Crippen LogP contribution < -0.4 is 0 Å². The van der Waals surface area contributed by atoms with Crippen molar-refractivity contribution in [2.24, 2.45) is 0 Å². The second kappa shape index (κ2) is 7.66. The van der Waals surface area contributed by atoms with Gasteiger partial charge in [0, 0.05) is 0 Å². The van der Waals surface area contributed by atoms with Crippen LogP contribution in [-0.4, -0.2) is 110 Å². The Balaban J connectivity index is 2.11. The Morgan fingerprint density at radius 2 is 1.35 bits per heavy atom. The maximum atomic E-state index is 10.1. The van der Waals surface area contributed by atoms with E-state index in [0.29, 0.717) is 0 Å². The molecule has 4 unspecified atom stereocenters. The Kier molecular flexibility index (Phi) is 6.30. The SMILES string of the molecule is [CH2][C@@H]1OC(CO)[C@@H](O[C@@H]2OC(CO)[C@H](O)[C@H](O)C2O)[C@H](O)C1O. The summed E-state index contributed by atoms with van der Waals surface area (Å²) < 4.78 is 15.7. The Bertz CT molecular complexity index is 378. The Hall–Kier alpha value is -0.400. The highest BCUT2D eigenvalue weighted by Gasteiger charge is 2.49. The van der Waals surface area contributed by atoms with Gasteiger partial charge in [0.05, 0.1) is 19.3 Å². The van der Waals surface area contributed by atoms with E-state index in [1.165, 1.54) is 0 Å². The first-order valence-corrected chi connectivity index (χ1v) is 7.23. The van der Waals surface area contributed by atoms with Gasteiger partial charge < -0.3 is 50.0 Å². The minimum atomic E-state index is -1.67. The van der Waals surface area contributed by atoms with Crippen LogP contribution in [-0.2, 0) is 14.2 Å². The molecular formula is C13H23O10. The molecule has 1 radical (unpaired) electrons. The Labute approximate surface area is 132 Å². The van der Waals surface area contributed by atoms with Crippen LogP contribution >= 0.6 is 0 Å². The molecule has 7 N–H and O–H groups in total. The summed E-state index contributed by atoms with van der Waals surface area (Å²) in [5.74, 6) is 0. The van der Waals surface area contributed by atoms with Gasteiger partial charge in [0.1, 0.15) is 48.8 Å². The highest BCUT2D eigenvalue weighted by atomic mass is 16.7. The number of hydrogen-bond donors (Lipinski definition) is 7. The van der Waals surface area contributed by atoms with Crippen LogP contribution in [0.15, 0.2) is 0 Å². The fourth-order valence-electron chi connectivity index (χ4n) is 2.67. The number of ether oxygens (including phenoxy) is 3. The van der Waals surface area contributed by atoms with Gasteiger partial charge in [-0.3, -0.25) is 0 Å². The Morgan fingerprint density at radius 1 is 0.739 bits per heavy atom. The zero-order chi connectivity index (χ0) is 17.3. The molecule has 0 aromatic heterocycles. The average molecular weight is 339 g/mol. The summed E-state index contributed by atoms with van der Waals surface area (Å²) in [5, 5.41) is 67.6. The minimum Gasteiger partial charge on any atom is -0.394 e. The summed E-state index contributed by atoms with van der Waals surface area (Å²) in [6.45, 7) is 2.29. The van der Waals surface area contributed by atoms with Crippen LogP contribution in [0.25, 0.3) is 0 Å². The van der Waals surface area contributed by atoms with Crippen LogP contribution in [0.4, 0.5) is 0 Å². The van der Waals surface area contributed by atoms with Crippen molar-refractivity contribution in [1.82, 2.24) is 0 Å². The molecule has 0 spiro atoms. The summed E-state index contributed by atoms with van der Waals surface area (Å²) >= 11 is 0. The molecule has 0 aliphatic carbocycles. The van der Waals surface area contributed by atoms with Gasteiger partial charge in [0.2, 0.25) is 0 Å². The maximum absolute atomic E-state index is 10.1. The molecule has 0 aromatic rings. The predicted octanol–water partition coefficient (Wildman–Crippen LogP) is -4.51. The van der Waals surface area contributed by atoms with Crippen molar-refractivity contribution in [3.8, 4) is 0 Å². The highest BCUT2D eigenvalue weighted by molar-refractivity contribution is 4.96. The molecule has 2 aliphatic rings. The monoisotopic (exact) mass is 339 g/mol. The topological polar surface area (TPSA) is 169 Å². The van der Waals surface area contributed by atoms with Crippen molar-refractivity contribution in [2.75, 3.05) is 13.2 Å². The van der Waals surface area contributed by atoms with Crippen molar-refractivity contribution < 1.29 is 50.0 Å². The third kappa shape index (κ3) is 3.66. The second-order valence-electron chi connectivity index (χ2n) is 5.67. The molecule has 2 rings (SSSR count). The molecule has 10 heteroatoms. The van der Waals surface area contributed by atoms with Crippen molar-refractivity contribution in [1.29, 1.82) is 0 Å². The summed E-state index contributed by atoms with van der Waals surface area (Å²) in [6.07, 6.45) is -13.8. The van der Waals surface area contributed by atoms with E-state index in [0.717, 1.165) is 0 Å². The predicted molar refractivity (Wildman–Crippen MR) is 71.8 cm³/mol. The fourth-order valence-corrected chi connectivity index (χ4v) is 2.67. The molecule has 0 aromatic carbocycles. The minimum absolute atomic E-state index is 0.558. The van der Waals surface area contributed by atoms with Gasteiger partial charge in [-0.2, -0.15) is 0 Å². The lowest BCUT2D eigenvalue weighted by Crippen LogP contribution is -2.64. The number of rotatable bonds is 4. The number of aliphatic hydroxyl groups is 7. The fraction of sp³-hybridized carbons (Fsp3) is 0.923. The van der Waals surface area contributed by atoms with Crippen LogP contribution in [0.1, 0.15) is 0 Å². The first kappa shape index (κ1) is 18.9. The summed E-state index contributed by atoms with van der Waals surface area (Å²) in [7, 11) is 0. The first-order valence-electron chi connectivity index (χ1n) is 7.23. The molecule has 0 saturated carbocycles. The second-order valence-corrected chi connectivity index (χ2v) is 5.67. The molecule has 10 atom stereocenters. The molecule has 2 saturated heterocycles. The van der Waals surface area contributed by atoms with Gasteiger partial charge >= 0.3 is 0 Å². The standard InChI is InChI=1S/C13H23O10/c1-4-7(16)10(19)12(6(3-15)21-4)23-13-11(20)9(18)8(17)5(2-14)22-13/h4-20H,1-3H2/t4-,5?,6?,7?,8-,9-,10+,11?,12+,13-/m0/s1. The average Bonchev–Trinajstić information content (AvgIpc) is 2.55. The summed E-state index contributed by atoms with van der Waals surface area (Å²) in [6, 6.07) is 0. The van der Waals surface area contributed by atoms with Crippen LogP contribution in [0.5, 0.6) is 0 Å². The molecule has 10 nitrogen and oxygen atoms in total. The van der Waals surface area contributed by atoms with Gasteiger partial charge in [0.25, 0.3) is 0 Å². The molecule has 0 amide bonds. The first-order chi connectivity index (χ1) is 10.8. The van der Waals surface area contributed by atoms with Crippen molar-refractivity contribution >= 4 is 0 Å². The van der Waals surface area contributed by atoms with Crippen molar-refractivity contribution in [3.63, 3.8) is 0 Å². The van der Waals surface area contributed by atoms with E-state index in [-0.39, 0.29) is 0 Å². The zero-order valence-corrected chi connectivity index (χ0v) is 12.3. The molecule has 135 valence electrons. The van der Waals surface area contributed by atoms with Gasteiger partial charge in [-0.05, 0) is 6.92 Å². The summed E-state index contributed by atoms with van der Waals surface area (Å²) in [5.41, 5.74) is 0. The van der Waals surface area contributed by atoms with E-state index >= 15 is 0 Å². The largest absolute Gasteiger partial charge is 0.394 e. The lowest BCUT2D eigenvalue weighted by molar-refractivity contribution is -0.340. The highest BCUT2D eigenvalue weighted by Crippen LogP contribution is 2.28. The van der Waals surface area contributed by atoms with E-state index < -0.39 is 74.4 Å². The van der Waals surface area contributed by atoms with Gasteiger partial charge in [-0.25, -0.2) is 0 Å². The smallest absolute Gasteiger partial charge is 0.187 e. The zero-order valence-electron chi connectivity index (χ0n) is 12.3.